The van der Waals surface area contributed by atoms with Gasteiger partial charge in [-0.1, -0.05) is 19.1 Å². The topological polar surface area (TPSA) is 68.3 Å². The number of Topliss-reactive ketones (excluding diaryl/α,β-unsaturated/α-hetero) is 2. The standard InChI is InChI=1S/C13H16O4S/c1-3-18(16,17)12-7-5-11(6-8-12)13(15)9-4-10(2)14/h5-8H,3-4,9H2,1-2H3. The summed E-state index contributed by atoms with van der Waals surface area (Å²) in [4.78, 5) is 22.7. The highest BCUT2D eigenvalue weighted by Crippen LogP contribution is 2.14. The van der Waals surface area contributed by atoms with Crippen LogP contribution in [0, 0.1) is 0 Å². The highest BCUT2D eigenvalue weighted by molar-refractivity contribution is 7.91. The van der Waals surface area contributed by atoms with E-state index in [0.29, 0.717) is 5.56 Å². The monoisotopic (exact) mass is 268 g/mol. The molecule has 1 aromatic carbocycles. The summed E-state index contributed by atoms with van der Waals surface area (Å²) >= 11 is 0. The first kappa shape index (κ1) is 14.6. The van der Waals surface area contributed by atoms with Crippen molar-refractivity contribution >= 4 is 21.4 Å². The van der Waals surface area contributed by atoms with E-state index in [1.165, 1.54) is 31.2 Å². The lowest BCUT2D eigenvalue weighted by Crippen LogP contribution is -2.05. The Hall–Kier alpha value is -1.49. The number of carbonyl (C=O) groups excluding carboxylic acids is 2. The van der Waals surface area contributed by atoms with E-state index < -0.39 is 9.84 Å². The maximum absolute atomic E-state index is 11.7. The van der Waals surface area contributed by atoms with Crippen LogP contribution in [-0.4, -0.2) is 25.7 Å². The third-order valence-corrected chi connectivity index (χ3v) is 4.37. The molecule has 0 saturated carbocycles. The van der Waals surface area contributed by atoms with Gasteiger partial charge in [0, 0.05) is 18.4 Å². The number of carbonyl (C=O) groups is 2. The van der Waals surface area contributed by atoms with Gasteiger partial charge in [0.25, 0.3) is 0 Å². The molecule has 0 radical (unpaired) electrons. The Morgan fingerprint density at radius 2 is 1.61 bits per heavy atom. The van der Waals surface area contributed by atoms with Crippen molar-refractivity contribution in [1.29, 1.82) is 0 Å². The Kier molecular flexibility index (Phi) is 4.78. The zero-order valence-corrected chi connectivity index (χ0v) is 11.3. The van der Waals surface area contributed by atoms with Crippen LogP contribution >= 0.6 is 0 Å². The van der Waals surface area contributed by atoms with Crippen molar-refractivity contribution in [3.63, 3.8) is 0 Å². The summed E-state index contributed by atoms with van der Waals surface area (Å²) < 4.78 is 23.1. The largest absolute Gasteiger partial charge is 0.300 e. The first-order valence-electron chi connectivity index (χ1n) is 5.72. The minimum atomic E-state index is -3.23. The molecule has 0 aliphatic carbocycles. The maximum Gasteiger partial charge on any atom is 0.178 e. The molecule has 98 valence electrons. The van der Waals surface area contributed by atoms with Crippen LogP contribution in [0.2, 0.25) is 0 Å². The van der Waals surface area contributed by atoms with Crippen LogP contribution in [0.5, 0.6) is 0 Å². The van der Waals surface area contributed by atoms with Gasteiger partial charge in [0.15, 0.2) is 15.6 Å². The summed E-state index contributed by atoms with van der Waals surface area (Å²) in [5.41, 5.74) is 0.436. The molecule has 0 fully saturated rings. The van der Waals surface area contributed by atoms with Gasteiger partial charge in [-0.05, 0) is 19.1 Å². The van der Waals surface area contributed by atoms with E-state index in [2.05, 4.69) is 0 Å². The summed E-state index contributed by atoms with van der Waals surface area (Å²) in [6, 6.07) is 5.84. The SMILES string of the molecule is CCS(=O)(=O)c1ccc(C(=O)CCC(C)=O)cc1. The second-order valence-corrected chi connectivity index (χ2v) is 6.33. The summed E-state index contributed by atoms with van der Waals surface area (Å²) in [7, 11) is -3.23. The van der Waals surface area contributed by atoms with Crippen LogP contribution < -0.4 is 0 Å². The molecule has 0 amide bonds. The smallest absolute Gasteiger partial charge is 0.178 e. The normalized spacial score (nSPS) is 11.2. The molecule has 1 rings (SSSR count). The molecule has 0 saturated heterocycles. The molecule has 0 bridgehead atoms. The van der Waals surface area contributed by atoms with Gasteiger partial charge in [0.2, 0.25) is 0 Å². The molecule has 5 heteroatoms. The van der Waals surface area contributed by atoms with E-state index in [1.54, 1.807) is 6.92 Å². The molecule has 18 heavy (non-hydrogen) atoms. The van der Waals surface area contributed by atoms with Crippen LogP contribution in [0.1, 0.15) is 37.0 Å². The first-order valence-corrected chi connectivity index (χ1v) is 7.37. The van der Waals surface area contributed by atoms with E-state index in [9.17, 15) is 18.0 Å². The van der Waals surface area contributed by atoms with Crippen LogP contribution in [0.15, 0.2) is 29.2 Å². The van der Waals surface area contributed by atoms with E-state index in [0.717, 1.165) is 0 Å². The fourth-order valence-electron chi connectivity index (χ4n) is 1.45. The van der Waals surface area contributed by atoms with E-state index >= 15 is 0 Å². The van der Waals surface area contributed by atoms with Crippen molar-refractivity contribution in [3.05, 3.63) is 29.8 Å². The summed E-state index contributed by atoms with van der Waals surface area (Å²) in [6.45, 7) is 3.01. The number of benzene rings is 1. The molecule has 4 nitrogen and oxygen atoms in total. The highest BCUT2D eigenvalue weighted by Gasteiger charge is 2.12. The number of ketones is 2. The molecular weight excluding hydrogens is 252 g/mol. The maximum atomic E-state index is 11.7. The molecular formula is C13H16O4S. The molecule has 0 unspecified atom stereocenters. The van der Waals surface area contributed by atoms with Crippen molar-refractivity contribution in [2.75, 3.05) is 5.75 Å². The molecule has 0 atom stereocenters. The Bertz CT molecular complexity index is 541. The van der Waals surface area contributed by atoms with Gasteiger partial charge in [-0.15, -0.1) is 0 Å². The Morgan fingerprint density at radius 1 is 1.06 bits per heavy atom. The lowest BCUT2D eigenvalue weighted by Gasteiger charge is -2.03. The number of hydrogen-bond donors (Lipinski definition) is 0. The minimum absolute atomic E-state index is 0.0324. The number of hydrogen-bond acceptors (Lipinski definition) is 4. The van der Waals surface area contributed by atoms with Gasteiger partial charge in [-0.3, -0.25) is 4.79 Å². The van der Waals surface area contributed by atoms with Crippen molar-refractivity contribution in [2.24, 2.45) is 0 Å². The van der Waals surface area contributed by atoms with Crippen molar-refractivity contribution < 1.29 is 18.0 Å². The van der Waals surface area contributed by atoms with Crippen molar-refractivity contribution in [3.8, 4) is 0 Å². The fourth-order valence-corrected chi connectivity index (χ4v) is 2.33. The second-order valence-electron chi connectivity index (χ2n) is 4.05. The summed E-state index contributed by atoms with van der Waals surface area (Å²) in [5, 5.41) is 0. The zero-order chi connectivity index (χ0) is 13.8. The van der Waals surface area contributed by atoms with Gasteiger partial charge >= 0.3 is 0 Å². The number of sulfone groups is 1. The first-order chi connectivity index (χ1) is 8.36. The molecule has 1 aromatic rings. The third kappa shape index (κ3) is 3.77. The predicted octanol–water partition coefficient (Wildman–Crippen LogP) is 2.03. The van der Waals surface area contributed by atoms with E-state index in [1.807, 2.05) is 0 Å². The van der Waals surface area contributed by atoms with Crippen LogP contribution in [0.4, 0.5) is 0 Å². The molecule has 0 aromatic heterocycles. The Labute approximate surface area is 107 Å². The Balaban J connectivity index is 2.83. The quantitative estimate of drug-likeness (QED) is 0.740. The van der Waals surface area contributed by atoms with E-state index in [4.69, 9.17) is 0 Å². The molecule has 0 heterocycles. The summed E-state index contributed by atoms with van der Waals surface area (Å²) in [5.74, 6) is -0.149. The van der Waals surface area contributed by atoms with Gasteiger partial charge in [-0.2, -0.15) is 0 Å². The second kappa shape index (κ2) is 5.91. The van der Waals surface area contributed by atoms with Crippen LogP contribution in [0.3, 0.4) is 0 Å². The van der Waals surface area contributed by atoms with Gasteiger partial charge in [0.1, 0.15) is 5.78 Å². The fraction of sp³-hybridized carbons (Fsp3) is 0.385. The van der Waals surface area contributed by atoms with Crippen molar-refractivity contribution in [2.45, 2.75) is 31.6 Å². The lowest BCUT2D eigenvalue weighted by molar-refractivity contribution is -0.116. The zero-order valence-electron chi connectivity index (χ0n) is 10.5. The van der Waals surface area contributed by atoms with Crippen molar-refractivity contribution in [1.82, 2.24) is 0 Å². The highest BCUT2D eigenvalue weighted by atomic mass is 32.2. The molecule has 0 N–H and O–H groups in total. The molecule has 0 aliphatic heterocycles. The average Bonchev–Trinajstić information content (AvgIpc) is 2.36. The molecule has 0 spiro atoms. The lowest BCUT2D eigenvalue weighted by atomic mass is 10.1. The Morgan fingerprint density at radius 3 is 2.06 bits per heavy atom. The summed E-state index contributed by atoms with van der Waals surface area (Å²) in [6.07, 6.45) is 0.378. The van der Waals surface area contributed by atoms with Gasteiger partial charge < -0.3 is 4.79 Å². The van der Waals surface area contributed by atoms with E-state index in [-0.39, 0.29) is 35.1 Å². The predicted molar refractivity (Wildman–Crippen MR) is 68.4 cm³/mol. The number of rotatable bonds is 6. The van der Waals surface area contributed by atoms with Gasteiger partial charge in [0.05, 0.1) is 10.6 Å². The molecule has 0 aliphatic rings. The minimum Gasteiger partial charge on any atom is -0.300 e. The van der Waals surface area contributed by atoms with Crippen LogP contribution in [-0.2, 0) is 14.6 Å². The van der Waals surface area contributed by atoms with Crippen LogP contribution in [0.25, 0.3) is 0 Å². The third-order valence-electron chi connectivity index (χ3n) is 2.62. The van der Waals surface area contributed by atoms with Gasteiger partial charge in [-0.25, -0.2) is 8.42 Å². The average molecular weight is 268 g/mol.